The molecule has 0 unspecified atom stereocenters. The van der Waals surface area contributed by atoms with E-state index in [1.807, 2.05) is 0 Å². The molecule has 2 aromatic rings. The number of benzene rings is 2. The van der Waals surface area contributed by atoms with Gasteiger partial charge in [-0.05, 0) is 29.8 Å². The van der Waals surface area contributed by atoms with Gasteiger partial charge in [0.1, 0.15) is 0 Å². The van der Waals surface area contributed by atoms with Crippen molar-refractivity contribution >= 4 is 17.7 Å². The molecule has 5 nitrogen and oxygen atoms in total. The van der Waals surface area contributed by atoms with Crippen LogP contribution in [0, 0.1) is 0 Å². The summed E-state index contributed by atoms with van der Waals surface area (Å²) in [5, 5.41) is 10.8. The number of aromatic carboxylic acids is 1. The first kappa shape index (κ1) is 20.4. The highest BCUT2D eigenvalue weighted by Crippen LogP contribution is 2.47. The Balaban J connectivity index is 1.81. The molecule has 0 spiro atoms. The second-order valence-corrected chi connectivity index (χ2v) is 5.88. The van der Waals surface area contributed by atoms with Gasteiger partial charge in [-0.3, -0.25) is 0 Å². The lowest BCUT2D eigenvalue weighted by Crippen LogP contribution is -2.52. The molecule has 0 amide bonds. The number of nitrogens with one attached hydrogen (secondary N) is 1. The van der Waals surface area contributed by atoms with Crippen molar-refractivity contribution in [2.24, 2.45) is 0 Å². The summed E-state index contributed by atoms with van der Waals surface area (Å²) in [7, 11) is 0. The zero-order chi connectivity index (χ0) is 21.4. The molecule has 154 valence electrons. The molecule has 0 bridgehead atoms. The molecule has 2 aromatic carbocycles. The first-order chi connectivity index (χ1) is 13.4. The van der Waals surface area contributed by atoms with Gasteiger partial charge in [-0.1, -0.05) is 24.3 Å². The molecule has 0 aliphatic carbocycles. The van der Waals surface area contributed by atoms with E-state index in [2.05, 4.69) is 9.47 Å². The van der Waals surface area contributed by atoms with Gasteiger partial charge < -0.3 is 19.9 Å². The third-order valence-electron chi connectivity index (χ3n) is 3.73. The summed E-state index contributed by atoms with van der Waals surface area (Å²) >= 11 is 0. The summed E-state index contributed by atoms with van der Waals surface area (Å²) in [6.45, 7) is 0. The van der Waals surface area contributed by atoms with Crippen molar-refractivity contribution in [2.45, 2.75) is 18.3 Å². The number of carboxylic acid groups (broad SMARTS) is 1. The molecule has 1 heterocycles. The van der Waals surface area contributed by atoms with E-state index in [1.165, 1.54) is 12.1 Å². The Morgan fingerprint density at radius 1 is 1.00 bits per heavy atom. The maximum absolute atomic E-state index is 14.1. The van der Waals surface area contributed by atoms with Crippen molar-refractivity contribution < 1.29 is 45.7 Å². The standard InChI is InChI=1S/C18H11F6NO4/c19-16(20,25-12-4-2-1-3-11(12)15(26)27)8-7-10-5-6-13-14(9-10)29-18(23,24)17(21,22)28-13/h1-9,25H,(H,26,27)/b8-7+. The highest BCUT2D eigenvalue weighted by Gasteiger charge is 2.65. The molecule has 11 heteroatoms. The lowest BCUT2D eigenvalue weighted by molar-refractivity contribution is -0.391. The van der Waals surface area contributed by atoms with Crippen LogP contribution in [0.3, 0.4) is 0 Å². The number of anilines is 1. The van der Waals surface area contributed by atoms with Crippen LogP contribution in [0.25, 0.3) is 6.08 Å². The Bertz CT molecular complexity index is 977. The SMILES string of the molecule is O=C(O)c1ccccc1NC(F)(F)/C=C/c1ccc2c(c1)OC(F)(F)C(F)(F)O2. The molecule has 2 N–H and O–H groups in total. The van der Waals surface area contributed by atoms with E-state index in [9.17, 15) is 31.1 Å². The molecule has 0 radical (unpaired) electrons. The molecular weight excluding hydrogens is 408 g/mol. The van der Waals surface area contributed by atoms with E-state index >= 15 is 0 Å². The highest BCUT2D eigenvalue weighted by atomic mass is 19.3. The Hall–Kier alpha value is -3.37. The largest absolute Gasteiger partial charge is 0.507 e. The van der Waals surface area contributed by atoms with Crippen LogP contribution in [0.2, 0.25) is 0 Å². The summed E-state index contributed by atoms with van der Waals surface area (Å²) < 4.78 is 88.8. The molecule has 1 aliphatic rings. The van der Waals surface area contributed by atoms with Crippen LogP contribution in [0.5, 0.6) is 11.5 Å². The molecule has 0 saturated heterocycles. The number of rotatable bonds is 5. The number of hydrogen-bond acceptors (Lipinski definition) is 4. The lowest BCUT2D eigenvalue weighted by atomic mass is 10.1. The highest BCUT2D eigenvalue weighted by molar-refractivity contribution is 5.94. The number of fused-ring (bicyclic) bond motifs is 1. The van der Waals surface area contributed by atoms with E-state index in [-0.39, 0.29) is 16.8 Å². The summed E-state index contributed by atoms with van der Waals surface area (Å²) in [6, 6.07) is 4.00. The predicted molar refractivity (Wildman–Crippen MR) is 88.6 cm³/mol. The van der Waals surface area contributed by atoms with Crippen LogP contribution in [0.4, 0.5) is 32.0 Å². The normalized spacial score (nSPS) is 17.2. The summed E-state index contributed by atoms with van der Waals surface area (Å²) in [4.78, 5) is 11.1. The minimum atomic E-state index is -4.94. The number of carboxylic acids is 1. The van der Waals surface area contributed by atoms with Crippen molar-refractivity contribution in [3.05, 3.63) is 59.7 Å². The lowest BCUT2D eigenvalue weighted by Gasteiger charge is -2.31. The molecule has 0 saturated carbocycles. The van der Waals surface area contributed by atoms with Gasteiger partial charge in [-0.2, -0.15) is 26.3 Å². The molecule has 29 heavy (non-hydrogen) atoms. The van der Waals surface area contributed by atoms with Crippen LogP contribution >= 0.6 is 0 Å². The van der Waals surface area contributed by atoms with Gasteiger partial charge in [-0.15, -0.1) is 0 Å². The minimum Gasteiger partial charge on any atom is -0.478 e. The van der Waals surface area contributed by atoms with Crippen molar-refractivity contribution in [1.82, 2.24) is 0 Å². The first-order valence-electron chi connectivity index (χ1n) is 7.85. The smallest absolute Gasteiger partial charge is 0.478 e. The summed E-state index contributed by atoms with van der Waals surface area (Å²) in [5.41, 5.74) is -0.817. The fourth-order valence-electron chi connectivity index (χ4n) is 2.39. The van der Waals surface area contributed by atoms with E-state index in [0.717, 1.165) is 36.4 Å². The van der Waals surface area contributed by atoms with Crippen LogP contribution in [-0.2, 0) is 0 Å². The average molecular weight is 419 g/mol. The number of carbonyl (C=O) groups is 1. The number of para-hydroxylation sites is 1. The van der Waals surface area contributed by atoms with Crippen molar-refractivity contribution in [2.75, 3.05) is 5.32 Å². The fourth-order valence-corrected chi connectivity index (χ4v) is 2.39. The average Bonchev–Trinajstić information content (AvgIpc) is 2.60. The second kappa shape index (κ2) is 6.90. The van der Waals surface area contributed by atoms with Gasteiger partial charge in [0, 0.05) is 6.08 Å². The monoisotopic (exact) mass is 419 g/mol. The first-order valence-corrected chi connectivity index (χ1v) is 7.85. The van der Waals surface area contributed by atoms with Crippen molar-refractivity contribution in [3.8, 4) is 11.5 Å². The van der Waals surface area contributed by atoms with Crippen LogP contribution in [-0.4, -0.2) is 29.3 Å². The minimum absolute atomic E-state index is 0.0821. The Kier molecular flexibility index (Phi) is 4.85. The molecule has 0 atom stereocenters. The third kappa shape index (κ3) is 4.23. The maximum Gasteiger partial charge on any atom is 0.507 e. The Morgan fingerprint density at radius 2 is 1.62 bits per heavy atom. The van der Waals surface area contributed by atoms with Crippen molar-refractivity contribution in [1.29, 1.82) is 0 Å². The quantitative estimate of drug-likeness (QED) is 0.524. The maximum atomic E-state index is 14.1. The van der Waals surface area contributed by atoms with E-state index in [0.29, 0.717) is 6.08 Å². The van der Waals surface area contributed by atoms with E-state index in [1.54, 1.807) is 5.32 Å². The van der Waals surface area contributed by atoms with Crippen molar-refractivity contribution in [3.63, 3.8) is 0 Å². The summed E-state index contributed by atoms with van der Waals surface area (Å²) in [5.74, 6) is -2.86. The molecule has 3 rings (SSSR count). The van der Waals surface area contributed by atoms with Crippen LogP contribution in [0.15, 0.2) is 48.5 Å². The molecular formula is C18H11F6NO4. The number of halogens is 6. The zero-order valence-corrected chi connectivity index (χ0v) is 14.1. The molecule has 1 aliphatic heterocycles. The second-order valence-electron chi connectivity index (χ2n) is 5.88. The van der Waals surface area contributed by atoms with Gasteiger partial charge in [0.25, 0.3) is 0 Å². The molecule has 0 aromatic heterocycles. The van der Waals surface area contributed by atoms with Crippen LogP contribution in [0.1, 0.15) is 15.9 Å². The zero-order valence-electron chi connectivity index (χ0n) is 14.1. The van der Waals surface area contributed by atoms with Gasteiger partial charge in [0.05, 0.1) is 11.3 Å². The number of ether oxygens (including phenoxy) is 2. The number of hydrogen-bond donors (Lipinski definition) is 2. The third-order valence-corrected chi connectivity index (χ3v) is 3.73. The molecule has 0 fully saturated rings. The fraction of sp³-hybridized carbons (Fsp3) is 0.167. The van der Waals surface area contributed by atoms with E-state index in [4.69, 9.17) is 5.11 Å². The Morgan fingerprint density at radius 3 is 2.28 bits per heavy atom. The Labute approximate surface area is 159 Å². The van der Waals surface area contributed by atoms with Gasteiger partial charge in [0.2, 0.25) is 0 Å². The van der Waals surface area contributed by atoms with Gasteiger partial charge in [0.15, 0.2) is 11.5 Å². The van der Waals surface area contributed by atoms with Gasteiger partial charge in [-0.25, -0.2) is 4.79 Å². The van der Waals surface area contributed by atoms with Crippen LogP contribution < -0.4 is 14.8 Å². The summed E-state index contributed by atoms with van der Waals surface area (Å²) in [6.07, 6.45) is -8.67. The predicted octanol–water partition coefficient (Wildman–Crippen LogP) is 5.06. The van der Waals surface area contributed by atoms with E-state index < -0.39 is 35.7 Å². The van der Waals surface area contributed by atoms with Gasteiger partial charge >= 0.3 is 24.2 Å². The number of alkyl halides is 6. The topological polar surface area (TPSA) is 67.8 Å².